The maximum Gasteiger partial charge on any atom is 0.416 e. The molecule has 1 heterocycles. The molecule has 3 N–H and O–H groups in total. The van der Waals surface area contributed by atoms with Gasteiger partial charge in [-0.2, -0.15) is 13.2 Å². The molecule has 1 fully saturated rings. The lowest BCUT2D eigenvalue weighted by molar-refractivity contribution is -0.137. The van der Waals surface area contributed by atoms with Crippen molar-refractivity contribution < 1.29 is 22.8 Å². The van der Waals surface area contributed by atoms with Gasteiger partial charge in [0.25, 0.3) is 0 Å². The van der Waals surface area contributed by atoms with E-state index in [-0.39, 0.29) is 24.2 Å². The summed E-state index contributed by atoms with van der Waals surface area (Å²) in [5.74, 6) is -0.391. The second-order valence-corrected chi connectivity index (χ2v) is 10.9. The zero-order valence-electron chi connectivity index (χ0n) is 21.6. The van der Waals surface area contributed by atoms with Gasteiger partial charge >= 0.3 is 6.18 Å². The number of carbonyl (C=O) groups is 2. The number of alkyl halides is 3. The van der Waals surface area contributed by atoms with Crippen LogP contribution in [0.4, 0.5) is 18.9 Å². The molecule has 2 amide bonds. The molecule has 0 saturated carbocycles. The fourth-order valence-corrected chi connectivity index (χ4v) is 5.18. The van der Waals surface area contributed by atoms with Crippen molar-refractivity contribution >= 4 is 40.7 Å². The minimum atomic E-state index is -4.47. The molecule has 2 aromatic carbocycles. The number of rotatable bonds is 8. The number of anilines is 1. The monoisotopic (exact) mass is 572 g/mol. The third kappa shape index (κ3) is 7.77. The summed E-state index contributed by atoms with van der Waals surface area (Å²) in [4.78, 5) is 28.8. The Bertz CT molecular complexity index is 1150. The van der Waals surface area contributed by atoms with Crippen LogP contribution in [0.25, 0.3) is 0 Å². The minimum absolute atomic E-state index is 0.196. The molecule has 11 heteroatoms. The Labute approximate surface area is 231 Å². The summed E-state index contributed by atoms with van der Waals surface area (Å²) >= 11 is 12.3. The van der Waals surface area contributed by atoms with Crippen LogP contribution in [0.15, 0.2) is 36.4 Å². The van der Waals surface area contributed by atoms with Gasteiger partial charge in [0.15, 0.2) is 0 Å². The molecule has 2 unspecified atom stereocenters. The topological polar surface area (TPSA) is 78.7 Å². The minimum Gasteiger partial charge on any atom is -0.368 e. The van der Waals surface area contributed by atoms with E-state index in [0.717, 1.165) is 12.1 Å². The normalized spacial score (nSPS) is 15.9. The van der Waals surface area contributed by atoms with E-state index in [9.17, 15) is 22.8 Å². The van der Waals surface area contributed by atoms with Crippen molar-refractivity contribution in [2.24, 2.45) is 11.7 Å². The van der Waals surface area contributed by atoms with E-state index in [0.29, 0.717) is 59.5 Å². The highest BCUT2D eigenvalue weighted by atomic mass is 35.5. The Balaban J connectivity index is 1.77. The summed E-state index contributed by atoms with van der Waals surface area (Å²) in [5, 5.41) is 3.58. The van der Waals surface area contributed by atoms with Gasteiger partial charge in [0.05, 0.1) is 5.56 Å². The van der Waals surface area contributed by atoms with E-state index in [1.54, 1.807) is 23.1 Å². The van der Waals surface area contributed by atoms with Crippen LogP contribution >= 0.6 is 23.2 Å². The van der Waals surface area contributed by atoms with Gasteiger partial charge in [0, 0.05) is 61.3 Å². The number of nitrogens with zero attached hydrogens (tertiary/aromatic N) is 2. The maximum absolute atomic E-state index is 13.4. The Morgan fingerprint density at radius 1 is 1.05 bits per heavy atom. The van der Waals surface area contributed by atoms with Crippen LogP contribution in [0.5, 0.6) is 0 Å². The molecule has 3 rings (SSSR count). The van der Waals surface area contributed by atoms with Gasteiger partial charge in [0.1, 0.15) is 6.04 Å². The van der Waals surface area contributed by atoms with Crippen molar-refractivity contribution in [3.8, 4) is 0 Å². The zero-order valence-corrected chi connectivity index (χ0v) is 23.1. The number of amides is 2. The van der Waals surface area contributed by atoms with Crippen LogP contribution in [-0.4, -0.2) is 48.9 Å². The highest BCUT2D eigenvalue weighted by Gasteiger charge is 2.34. The molecule has 0 bridgehead atoms. The summed E-state index contributed by atoms with van der Waals surface area (Å²) < 4.78 is 40.3. The van der Waals surface area contributed by atoms with E-state index in [1.165, 1.54) is 13.0 Å². The number of nitrogens with two attached hydrogens (primary N) is 1. The molecule has 38 heavy (non-hydrogen) atoms. The van der Waals surface area contributed by atoms with Gasteiger partial charge in [0.2, 0.25) is 11.8 Å². The van der Waals surface area contributed by atoms with Crippen LogP contribution in [-0.2, 0) is 22.2 Å². The summed E-state index contributed by atoms with van der Waals surface area (Å²) in [5.41, 5.74) is 7.39. The number of hydrogen-bond donors (Lipinski definition) is 2. The van der Waals surface area contributed by atoms with Gasteiger partial charge in [-0.15, -0.1) is 0 Å². The van der Waals surface area contributed by atoms with E-state index in [4.69, 9.17) is 28.9 Å². The summed E-state index contributed by atoms with van der Waals surface area (Å²) in [6.07, 6.45) is -3.73. The first kappa shape index (κ1) is 30.1. The number of benzene rings is 2. The zero-order chi connectivity index (χ0) is 28.2. The Morgan fingerprint density at radius 2 is 1.71 bits per heavy atom. The van der Waals surface area contributed by atoms with E-state index < -0.39 is 23.8 Å². The SMILES string of the molecule is CC(=O)NC(Cc1ccc(Cl)cc1Cl)C(=O)N1CCN(c2ccc(C(F)(F)F)cc2C(N)CC(C)C)CC1. The van der Waals surface area contributed by atoms with Gasteiger partial charge in [-0.25, -0.2) is 0 Å². The number of hydrogen-bond acceptors (Lipinski definition) is 4. The molecule has 0 radical (unpaired) electrons. The van der Waals surface area contributed by atoms with Crippen molar-refractivity contribution in [1.82, 2.24) is 10.2 Å². The quantitative estimate of drug-likeness (QED) is 0.440. The number of piperazine rings is 1. The average Bonchev–Trinajstić information content (AvgIpc) is 2.83. The van der Waals surface area contributed by atoms with Crippen LogP contribution in [0.2, 0.25) is 10.0 Å². The lowest BCUT2D eigenvalue weighted by Crippen LogP contribution is -2.55. The van der Waals surface area contributed by atoms with Crippen LogP contribution < -0.4 is 16.0 Å². The largest absolute Gasteiger partial charge is 0.416 e. The van der Waals surface area contributed by atoms with Gasteiger partial charge in [-0.3, -0.25) is 9.59 Å². The van der Waals surface area contributed by atoms with Crippen molar-refractivity contribution in [3.63, 3.8) is 0 Å². The lowest BCUT2D eigenvalue weighted by atomic mass is 9.94. The first-order chi connectivity index (χ1) is 17.8. The molecule has 6 nitrogen and oxygen atoms in total. The number of halogens is 5. The molecule has 0 aromatic heterocycles. The summed E-state index contributed by atoms with van der Waals surface area (Å²) in [6, 6.07) is 7.28. The van der Waals surface area contributed by atoms with Crippen molar-refractivity contribution in [2.45, 2.75) is 51.9 Å². The average molecular weight is 573 g/mol. The second-order valence-electron chi connectivity index (χ2n) is 10.0. The maximum atomic E-state index is 13.4. The fraction of sp³-hybridized carbons (Fsp3) is 0.481. The predicted molar refractivity (Wildman–Crippen MR) is 144 cm³/mol. The Morgan fingerprint density at radius 3 is 2.26 bits per heavy atom. The lowest BCUT2D eigenvalue weighted by Gasteiger charge is -2.39. The van der Waals surface area contributed by atoms with Crippen LogP contribution in [0, 0.1) is 5.92 Å². The third-order valence-corrected chi connectivity index (χ3v) is 7.11. The molecule has 1 aliphatic rings. The van der Waals surface area contributed by atoms with Crippen molar-refractivity contribution in [2.75, 3.05) is 31.1 Å². The van der Waals surface area contributed by atoms with Crippen LogP contribution in [0.3, 0.4) is 0 Å². The molecule has 0 aliphatic carbocycles. The molecule has 0 spiro atoms. The summed E-state index contributed by atoms with van der Waals surface area (Å²) in [7, 11) is 0. The molecule has 1 saturated heterocycles. The molecule has 2 aromatic rings. The standard InChI is InChI=1S/C27H33Cl2F3N4O2/c1-16(2)12-23(33)21-14-19(27(30,31)32)5-7-25(21)35-8-10-36(11-9-35)26(38)24(34-17(3)37)13-18-4-6-20(28)15-22(18)29/h4-7,14-16,23-24H,8-13,33H2,1-3H3,(H,34,37). The second kappa shape index (κ2) is 12.6. The molecular weight excluding hydrogens is 540 g/mol. The number of carbonyl (C=O) groups excluding carboxylic acids is 2. The number of nitrogens with one attached hydrogen (secondary N) is 1. The van der Waals surface area contributed by atoms with E-state index >= 15 is 0 Å². The first-order valence-corrected chi connectivity index (χ1v) is 13.2. The van der Waals surface area contributed by atoms with Crippen LogP contribution in [0.1, 0.15) is 49.9 Å². The molecule has 2 atom stereocenters. The first-order valence-electron chi connectivity index (χ1n) is 12.5. The predicted octanol–water partition coefficient (Wildman–Crippen LogP) is 5.45. The molecular formula is C27H33Cl2F3N4O2. The van der Waals surface area contributed by atoms with Crippen molar-refractivity contribution in [1.29, 1.82) is 0 Å². The molecule has 1 aliphatic heterocycles. The highest BCUT2D eigenvalue weighted by Crippen LogP contribution is 2.36. The molecule has 208 valence electrons. The van der Waals surface area contributed by atoms with E-state index in [1.807, 2.05) is 18.7 Å². The third-order valence-electron chi connectivity index (χ3n) is 6.53. The Hall–Kier alpha value is -2.49. The highest BCUT2D eigenvalue weighted by molar-refractivity contribution is 6.35. The smallest absolute Gasteiger partial charge is 0.368 e. The fourth-order valence-electron chi connectivity index (χ4n) is 4.69. The van der Waals surface area contributed by atoms with Gasteiger partial charge in [-0.1, -0.05) is 43.1 Å². The summed E-state index contributed by atoms with van der Waals surface area (Å²) in [6.45, 7) is 6.78. The van der Waals surface area contributed by atoms with Gasteiger partial charge in [-0.05, 0) is 53.8 Å². The Kier molecular flexibility index (Phi) is 9.95. The van der Waals surface area contributed by atoms with E-state index in [2.05, 4.69) is 5.32 Å². The van der Waals surface area contributed by atoms with Crippen molar-refractivity contribution in [3.05, 3.63) is 63.1 Å². The van der Waals surface area contributed by atoms with Gasteiger partial charge < -0.3 is 20.9 Å².